The van der Waals surface area contributed by atoms with Crippen LogP contribution in [0.15, 0.2) is 23.1 Å². The van der Waals surface area contributed by atoms with Crippen LogP contribution < -0.4 is 10.5 Å². The maximum atomic E-state index is 12.0. The number of halogens is 1. The number of sulfonamides is 1. The smallest absolute Gasteiger partial charge is 0.242 e. The average Bonchev–Trinajstić information content (AvgIpc) is 2.26. The molecule has 0 spiro atoms. The number of rotatable bonds is 5. The lowest BCUT2D eigenvalue weighted by molar-refractivity contribution is 0.163. The molecular weight excluding hydrogens is 276 g/mol. The monoisotopic (exact) mass is 292 g/mol. The molecule has 0 aliphatic carbocycles. The topological polar surface area (TPSA) is 92.4 Å². The summed E-state index contributed by atoms with van der Waals surface area (Å²) >= 11 is 5.71. The van der Waals surface area contributed by atoms with Gasteiger partial charge in [0.05, 0.1) is 5.69 Å². The van der Waals surface area contributed by atoms with Crippen LogP contribution in [-0.2, 0) is 10.0 Å². The molecule has 0 aromatic heterocycles. The number of hydrogen-bond acceptors (Lipinski definition) is 4. The Bertz CT molecular complexity index is 529. The Morgan fingerprint density at radius 2 is 2.06 bits per heavy atom. The first-order chi connectivity index (χ1) is 8.18. The van der Waals surface area contributed by atoms with Crippen molar-refractivity contribution in [2.24, 2.45) is 5.41 Å². The number of aliphatic hydroxyl groups is 1. The van der Waals surface area contributed by atoms with Crippen molar-refractivity contribution in [3.8, 4) is 0 Å². The predicted octanol–water partition coefficient (Wildman–Crippen LogP) is 1.22. The number of nitrogens with two attached hydrogens (primary N) is 1. The van der Waals surface area contributed by atoms with Gasteiger partial charge in [-0.3, -0.25) is 0 Å². The largest absolute Gasteiger partial charge is 0.398 e. The van der Waals surface area contributed by atoms with Crippen molar-refractivity contribution in [3.05, 3.63) is 23.2 Å². The quantitative estimate of drug-likeness (QED) is 0.712. The van der Waals surface area contributed by atoms with Gasteiger partial charge >= 0.3 is 0 Å². The highest BCUT2D eigenvalue weighted by atomic mass is 35.5. The molecule has 18 heavy (non-hydrogen) atoms. The zero-order chi connectivity index (χ0) is 14.0. The molecule has 0 atom stereocenters. The van der Waals surface area contributed by atoms with Gasteiger partial charge in [0, 0.05) is 23.6 Å². The second-order valence-electron chi connectivity index (χ2n) is 4.83. The molecule has 1 aromatic carbocycles. The van der Waals surface area contributed by atoms with Gasteiger partial charge in [-0.25, -0.2) is 13.1 Å². The van der Waals surface area contributed by atoms with E-state index in [4.69, 9.17) is 22.4 Å². The van der Waals surface area contributed by atoms with E-state index in [9.17, 15) is 8.42 Å². The highest BCUT2D eigenvalue weighted by Gasteiger charge is 2.23. The molecule has 0 saturated carbocycles. The van der Waals surface area contributed by atoms with Gasteiger partial charge in [-0.05, 0) is 18.2 Å². The summed E-state index contributed by atoms with van der Waals surface area (Å²) in [6, 6.07) is 4.20. The van der Waals surface area contributed by atoms with E-state index in [-0.39, 0.29) is 23.7 Å². The molecule has 1 aromatic rings. The number of nitrogen functional groups attached to an aromatic ring is 1. The van der Waals surface area contributed by atoms with Crippen molar-refractivity contribution in [1.82, 2.24) is 4.72 Å². The number of anilines is 1. The zero-order valence-electron chi connectivity index (χ0n) is 10.3. The first kappa shape index (κ1) is 15.2. The summed E-state index contributed by atoms with van der Waals surface area (Å²) in [5, 5.41) is 9.45. The van der Waals surface area contributed by atoms with E-state index in [0.29, 0.717) is 5.02 Å². The molecule has 0 aliphatic heterocycles. The molecule has 1 rings (SSSR count). The van der Waals surface area contributed by atoms with Gasteiger partial charge in [0.2, 0.25) is 10.0 Å². The lowest BCUT2D eigenvalue weighted by atomic mass is 9.96. The van der Waals surface area contributed by atoms with Gasteiger partial charge in [0.25, 0.3) is 0 Å². The third-order valence-electron chi connectivity index (χ3n) is 2.43. The van der Waals surface area contributed by atoms with Crippen LogP contribution in [0.5, 0.6) is 0 Å². The van der Waals surface area contributed by atoms with Crippen LogP contribution in [0, 0.1) is 5.41 Å². The summed E-state index contributed by atoms with van der Waals surface area (Å²) < 4.78 is 26.4. The molecule has 0 amide bonds. The third kappa shape index (κ3) is 3.84. The molecule has 0 fully saturated rings. The molecule has 102 valence electrons. The zero-order valence-corrected chi connectivity index (χ0v) is 11.8. The maximum absolute atomic E-state index is 12.0. The summed E-state index contributed by atoms with van der Waals surface area (Å²) in [6.07, 6.45) is 0. The van der Waals surface area contributed by atoms with Gasteiger partial charge in [-0.1, -0.05) is 25.4 Å². The van der Waals surface area contributed by atoms with E-state index in [1.807, 2.05) is 0 Å². The van der Waals surface area contributed by atoms with Crippen LogP contribution in [0.1, 0.15) is 13.8 Å². The standard InChI is InChI=1S/C11H17ClN2O3S/c1-11(2,7-15)6-14-18(16,17)10-4-3-8(12)5-9(10)13/h3-5,14-15H,6-7,13H2,1-2H3. The van der Waals surface area contributed by atoms with E-state index in [2.05, 4.69) is 4.72 Å². The summed E-state index contributed by atoms with van der Waals surface area (Å²) in [7, 11) is -3.70. The molecule has 0 bridgehead atoms. The highest BCUT2D eigenvalue weighted by molar-refractivity contribution is 7.89. The third-order valence-corrected chi connectivity index (χ3v) is 4.14. The van der Waals surface area contributed by atoms with E-state index >= 15 is 0 Å². The molecule has 0 aliphatic rings. The van der Waals surface area contributed by atoms with Crippen molar-refractivity contribution in [1.29, 1.82) is 0 Å². The van der Waals surface area contributed by atoms with Gasteiger partial charge in [-0.2, -0.15) is 0 Å². The number of hydrogen-bond donors (Lipinski definition) is 3. The van der Waals surface area contributed by atoms with Crippen LogP contribution in [0.4, 0.5) is 5.69 Å². The molecule has 0 unspecified atom stereocenters. The van der Waals surface area contributed by atoms with Crippen LogP contribution >= 0.6 is 11.6 Å². The number of aliphatic hydroxyl groups excluding tert-OH is 1. The molecule has 0 heterocycles. The number of benzene rings is 1. The Labute approximate surface area is 112 Å². The fourth-order valence-corrected chi connectivity index (χ4v) is 2.72. The van der Waals surface area contributed by atoms with E-state index in [1.54, 1.807) is 13.8 Å². The van der Waals surface area contributed by atoms with Gasteiger partial charge in [0.15, 0.2) is 0 Å². The first-order valence-corrected chi connectivity index (χ1v) is 7.20. The Balaban J connectivity index is 2.94. The van der Waals surface area contributed by atoms with Crippen molar-refractivity contribution in [2.45, 2.75) is 18.7 Å². The molecule has 5 nitrogen and oxygen atoms in total. The summed E-state index contributed by atoms with van der Waals surface area (Å²) in [4.78, 5) is -0.0133. The second kappa shape index (κ2) is 5.44. The molecule has 7 heteroatoms. The van der Waals surface area contributed by atoms with Gasteiger partial charge in [0.1, 0.15) is 4.90 Å². The normalized spacial score (nSPS) is 12.7. The molecule has 4 N–H and O–H groups in total. The summed E-state index contributed by atoms with van der Waals surface area (Å²) in [6.45, 7) is 3.50. The minimum atomic E-state index is -3.70. The average molecular weight is 293 g/mol. The first-order valence-electron chi connectivity index (χ1n) is 5.33. The summed E-state index contributed by atoms with van der Waals surface area (Å²) in [5.41, 5.74) is 5.19. The highest BCUT2D eigenvalue weighted by Crippen LogP contribution is 2.23. The fourth-order valence-electron chi connectivity index (χ4n) is 1.19. The Kier molecular flexibility index (Phi) is 4.61. The van der Waals surface area contributed by atoms with E-state index < -0.39 is 15.4 Å². The van der Waals surface area contributed by atoms with Crippen molar-refractivity contribution >= 4 is 27.3 Å². The van der Waals surface area contributed by atoms with Crippen LogP contribution in [0.25, 0.3) is 0 Å². The summed E-state index contributed by atoms with van der Waals surface area (Å²) in [5.74, 6) is 0. The Hall–Kier alpha value is -0.820. The lowest BCUT2D eigenvalue weighted by Crippen LogP contribution is -2.36. The van der Waals surface area contributed by atoms with Crippen molar-refractivity contribution in [2.75, 3.05) is 18.9 Å². The Morgan fingerprint density at radius 3 is 2.56 bits per heavy atom. The van der Waals surface area contributed by atoms with Crippen molar-refractivity contribution in [3.63, 3.8) is 0 Å². The van der Waals surface area contributed by atoms with Crippen LogP contribution in [0.3, 0.4) is 0 Å². The predicted molar refractivity (Wildman–Crippen MR) is 71.9 cm³/mol. The van der Waals surface area contributed by atoms with E-state index in [0.717, 1.165) is 0 Å². The second-order valence-corrected chi connectivity index (χ2v) is 7.00. The van der Waals surface area contributed by atoms with Gasteiger partial charge in [-0.15, -0.1) is 0 Å². The van der Waals surface area contributed by atoms with Crippen molar-refractivity contribution < 1.29 is 13.5 Å². The molecular formula is C11H17ClN2O3S. The fraction of sp³-hybridized carbons (Fsp3) is 0.455. The van der Waals surface area contributed by atoms with Gasteiger partial charge < -0.3 is 10.8 Å². The van der Waals surface area contributed by atoms with Crippen LogP contribution in [-0.4, -0.2) is 26.7 Å². The molecule has 0 radical (unpaired) electrons. The Morgan fingerprint density at radius 1 is 1.44 bits per heavy atom. The molecule has 0 saturated heterocycles. The van der Waals surface area contributed by atoms with Crippen LogP contribution in [0.2, 0.25) is 5.02 Å². The minimum Gasteiger partial charge on any atom is -0.398 e. The lowest BCUT2D eigenvalue weighted by Gasteiger charge is -2.22. The SMILES string of the molecule is CC(C)(CO)CNS(=O)(=O)c1ccc(Cl)cc1N. The minimum absolute atomic E-state index is 0.0133. The van der Waals surface area contributed by atoms with E-state index in [1.165, 1.54) is 18.2 Å². The number of nitrogens with one attached hydrogen (secondary N) is 1. The maximum Gasteiger partial charge on any atom is 0.242 e.